The Morgan fingerprint density at radius 3 is 2.29 bits per heavy atom. The number of alkyl halides is 1. The normalized spacial score (nSPS) is 11.1. The molecule has 2 aromatic carbocycles. The van der Waals surface area contributed by atoms with Gasteiger partial charge in [0.15, 0.2) is 0 Å². The van der Waals surface area contributed by atoms with Gasteiger partial charge in [-0.2, -0.15) is 5.10 Å². The quantitative estimate of drug-likeness (QED) is 0.633. The van der Waals surface area contributed by atoms with E-state index in [9.17, 15) is 0 Å². The zero-order chi connectivity index (χ0) is 14.5. The number of para-hydroxylation sites is 1. The van der Waals surface area contributed by atoms with Gasteiger partial charge in [-0.25, -0.2) is 4.68 Å². The van der Waals surface area contributed by atoms with E-state index in [-0.39, 0.29) is 0 Å². The number of rotatable bonds is 4. The third kappa shape index (κ3) is 3.06. The Hall–Kier alpha value is -2.32. The molecule has 0 N–H and O–H groups in total. The zero-order valence-corrected chi connectivity index (χ0v) is 12.2. The van der Waals surface area contributed by atoms with Crippen LogP contribution in [0.25, 0.3) is 23.0 Å². The third-order valence-corrected chi connectivity index (χ3v) is 3.38. The molecule has 0 atom stereocenters. The molecule has 3 rings (SSSR count). The van der Waals surface area contributed by atoms with Crippen LogP contribution < -0.4 is 0 Å². The standard InChI is InChI=1S/C18H15ClN2/c19-13-7-10-16-14-21(17-11-5-2-6-12-17)20-18(16)15-8-3-1-4-9-15/h1-12,14H,13H2. The Labute approximate surface area is 129 Å². The fraction of sp³-hybridized carbons (Fsp3) is 0.0556. The molecular weight excluding hydrogens is 280 g/mol. The first-order chi connectivity index (χ1) is 10.4. The second-order valence-corrected chi connectivity index (χ2v) is 4.94. The molecule has 21 heavy (non-hydrogen) atoms. The molecule has 0 aliphatic heterocycles. The van der Waals surface area contributed by atoms with E-state index >= 15 is 0 Å². The summed E-state index contributed by atoms with van der Waals surface area (Å²) < 4.78 is 1.90. The number of halogens is 1. The molecule has 0 aliphatic carbocycles. The van der Waals surface area contributed by atoms with E-state index in [1.54, 1.807) is 0 Å². The molecule has 1 heterocycles. The average molecular weight is 295 g/mol. The molecule has 1 aromatic heterocycles. The molecule has 0 spiro atoms. The van der Waals surface area contributed by atoms with Gasteiger partial charge < -0.3 is 0 Å². The highest BCUT2D eigenvalue weighted by molar-refractivity contribution is 6.19. The van der Waals surface area contributed by atoms with Gasteiger partial charge in [0.2, 0.25) is 0 Å². The van der Waals surface area contributed by atoms with Crippen molar-refractivity contribution in [1.29, 1.82) is 0 Å². The maximum atomic E-state index is 5.76. The second kappa shape index (κ2) is 6.42. The third-order valence-electron chi connectivity index (χ3n) is 3.20. The highest BCUT2D eigenvalue weighted by Gasteiger charge is 2.09. The summed E-state index contributed by atoms with van der Waals surface area (Å²) in [4.78, 5) is 0. The van der Waals surface area contributed by atoms with Crippen LogP contribution >= 0.6 is 11.6 Å². The molecule has 2 nitrogen and oxygen atoms in total. The van der Waals surface area contributed by atoms with E-state index < -0.39 is 0 Å². The summed E-state index contributed by atoms with van der Waals surface area (Å²) >= 11 is 5.76. The summed E-state index contributed by atoms with van der Waals surface area (Å²) in [7, 11) is 0. The molecule has 0 amide bonds. The van der Waals surface area contributed by atoms with Gasteiger partial charge in [0.25, 0.3) is 0 Å². The van der Waals surface area contributed by atoms with Crippen molar-refractivity contribution < 1.29 is 0 Å². The van der Waals surface area contributed by atoms with Crippen molar-refractivity contribution in [1.82, 2.24) is 9.78 Å². The van der Waals surface area contributed by atoms with E-state index in [0.29, 0.717) is 5.88 Å². The van der Waals surface area contributed by atoms with Crippen molar-refractivity contribution in [2.24, 2.45) is 0 Å². The minimum atomic E-state index is 0.491. The average Bonchev–Trinajstić information content (AvgIpc) is 2.99. The molecule has 0 saturated heterocycles. The van der Waals surface area contributed by atoms with Crippen LogP contribution in [0.4, 0.5) is 0 Å². The Kier molecular flexibility index (Phi) is 4.17. The first kappa shape index (κ1) is 13.7. The van der Waals surface area contributed by atoms with Crippen molar-refractivity contribution in [2.45, 2.75) is 0 Å². The van der Waals surface area contributed by atoms with E-state index in [0.717, 1.165) is 22.5 Å². The second-order valence-electron chi connectivity index (χ2n) is 4.64. The fourth-order valence-corrected chi connectivity index (χ4v) is 2.30. The van der Waals surface area contributed by atoms with Gasteiger partial charge in [0, 0.05) is 23.2 Å². The largest absolute Gasteiger partial charge is 0.240 e. The topological polar surface area (TPSA) is 17.8 Å². The van der Waals surface area contributed by atoms with E-state index in [1.807, 2.05) is 71.6 Å². The molecular formula is C18H15ClN2. The number of nitrogens with zero attached hydrogens (tertiary/aromatic N) is 2. The lowest BCUT2D eigenvalue weighted by Crippen LogP contribution is -1.93. The summed E-state index contributed by atoms with van der Waals surface area (Å²) in [5.74, 6) is 0.491. The van der Waals surface area contributed by atoms with E-state index in [1.165, 1.54) is 0 Å². The van der Waals surface area contributed by atoms with Gasteiger partial charge in [-0.15, -0.1) is 11.6 Å². The first-order valence-electron chi connectivity index (χ1n) is 6.81. The first-order valence-corrected chi connectivity index (χ1v) is 7.35. The van der Waals surface area contributed by atoms with Crippen LogP contribution in [0.3, 0.4) is 0 Å². The van der Waals surface area contributed by atoms with Crippen molar-refractivity contribution in [3.8, 4) is 16.9 Å². The van der Waals surface area contributed by atoms with Crippen LogP contribution in [0.15, 0.2) is 72.9 Å². The number of benzene rings is 2. The van der Waals surface area contributed by atoms with Crippen LogP contribution in [0, 0.1) is 0 Å². The van der Waals surface area contributed by atoms with Gasteiger partial charge in [0.05, 0.1) is 11.4 Å². The predicted octanol–water partition coefficient (Wildman–Crippen LogP) is 4.79. The predicted molar refractivity (Wildman–Crippen MR) is 88.8 cm³/mol. The highest BCUT2D eigenvalue weighted by Crippen LogP contribution is 2.24. The fourth-order valence-electron chi connectivity index (χ4n) is 2.21. The molecule has 0 saturated carbocycles. The Balaban J connectivity index is 2.10. The highest BCUT2D eigenvalue weighted by atomic mass is 35.5. The summed E-state index contributed by atoms with van der Waals surface area (Å²) in [6.45, 7) is 0. The number of allylic oxidation sites excluding steroid dienone is 1. The number of aromatic nitrogens is 2. The van der Waals surface area contributed by atoms with Gasteiger partial charge in [-0.1, -0.05) is 60.7 Å². The maximum Gasteiger partial charge on any atom is 0.0999 e. The molecule has 0 fully saturated rings. The molecule has 0 bridgehead atoms. The molecule has 0 aliphatic rings. The van der Waals surface area contributed by atoms with Crippen molar-refractivity contribution in [3.63, 3.8) is 0 Å². The Bertz CT molecular complexity index is 730. The van der Waals surface area contributed by atoms with Gasteiger partial charge in [-0.05, 0) is 12.1 Å². The molecule has 3 heteroatoms. The molecule has 0 unspecified atom stereocenters. The maximum absolute atomic E-state index is 5.76. The lowest BCUT2D eigenvalue weighted by atomic mass is 10.1. The number of hydrogen-bond donors (Lipinski definition) is 0. The van der Waals surface area contributed by atoms with Gasteiger partial charge in [0.1, 0.15) is 0 Å². The summed E-state index contributed by atoms with van der Waals surface area (Å²) in [5.41, 5.74) is 4.16. The van der Waals surface area contributed by atoms with Crippen molar-refractivity contribution >= 4 is 17.7 Å². The Morgan fingerprint density at radius 1 is 0.952 bits per heavy atom. The zero-order valence-electron chi connectivity index (χ0n) is 11.5. The minimum absolute atomic E-state index is 0.491. The molecule has 0 radical (unpaired) electrons. The minimum Gasteiger partial charge on any atom is -0.240 e. The van der Waals surface area contributed by atoms with Crippen LogP contribution in [0.5, 0.6) is 0 Å². The van der Waals surface area contributed by atoms with E-state index in [4.69, 9.17) is 16.7 Å². The summed E-state index contributed by atoms with van der Waals surface area (Å²) in [5, 5.41) is 4.73. The van der Waals surface area contributed by atoms with Crippen LogP contribution in [0.1, 0.15) is 5.56 Å². The molecule has 3 aromatic rings. The molecule has 104 valence electrons. The summed E-state index contributed by atoms with van der Waals surface area (Å²) in [6, 6.07) is 20.3. The van der Waals surface area contributed by atoms with Crippen molar-refractivity contribution in [3.05, 3.63) is 78.5 Å². The smallest absolute Gasteiger partial charge is 0.0999 e. The lowest BCUT2D eigenvalue weighted by Gasteiger charge is -2.00. The van der Waals surface area contributed by atoms with Gasteiger partial charge >= 0.3 is 0 Å². The van der Waals surface area contributed by atoms with Gasteiger partial charge in [-0.3, -0.25) is 0 Å². The SMILES string of the molecule is ClCC=Cc1cn(-c2ccccc2)nc1-c1ccccc1. The monoisotopic (exact) mass is 294 g/mol. The van der Waals surface area contributed by atoms with Crippen LogP contribution in [-0.2, 0) is 0 Å². The van der Waals surface area contributed by atoms with Crippen molar-refractivity contribution in [2.75, 3.05) is 5.88 Å². The summed E-state index contributed by atoms with van der Waals surface area (Å²) in [6.07, 6.45) is 5.98. The lowest BCUT2D eigenvalue weighted by molar-refractivity contribution is 0.884. The van der Waals surface area contributed by atoms with E-state index in [2.05, 4.69) is 12.1 Å². The Morgan fingerprint density at radius 2 is 1.62 bits per heavy atom. The van der Waals surface area contributed by atoms with Crippen LogP contribution in [0.2, 0.25) is 0 Å². The number of hydrogen-bond acceptors (Lipinski definition) is 1. The van der Waals surface area contributed by atoms with Crippen LogP contribution in [-0.4, -0.2) is 15.7 Å².